The van der Waals surface area contributed by atoms with Gasteiger partial charge in [-0.1, -0.05) is 72.5 Å². The third-order valence-corrected chi connectivity index (χ3v) is 4.67. The van der Waals surface area contributed by atoms with Crippen molar-refractivity contribution in [3.63, 3.8) is 0 Å². The van der Waals surface area contributed by atoms with Crippen LogP contribution in [-0.2, 0) is 11.3 Å². The second-order valence-corrected chi connectivity index (χ2v) is 6.60. The summed E-state index contributed by atoms with van der Waals surface area (Å²) in [6.45, 7) is 0.457. The van der Waals surface area contributed by atoms with Gasteiger partial charge in [0.05, 0.1) is 11.4 Å². The van der Waals surface area contributed by atoms with E-state index in [0.717, 1.165) is 11.1 Å². The Hall–Kier alpha value is -2.24. The van der Waals surface area contributed by atoms with Crippen LogP contribution in [0.1, 0.15) is 11.1 Å². The summed E-state index contributed by atoms with van der Waals surface area (Å²) in [5.41, 5.74) is 2.06. The lowest BCUT2D eigenvalue weighted by molar-refractivity contribution is -0.122. The summed E-state index contributed by atoms with van der Waals surface area (Å²) < 4.78 is 0.582. The molecule has 0 bridgehead atoms. The molecular formula is C18H14N2OS2. The lowest BCUT2D eigenvalue weighted by atomic mass is 10.2. The van der Waals surface area contributed by atoms with Crippen molar-refractivity contribution in [3.8, 4) is 0 Å². The third-order valence-electron chi connectivity index (χ3n) is 3.27. The normalized spacial score (nSPS) is 16.7. The van der Waals surface area contributed by atoms with Gasteiger partial charge in [0.2, 0.25) is 0 Å². The maximum Gasteiger partial charge on any atom is 0.266 e. The zero-order valence-corrected chi connectivity index (χ0v) is 13.9. The van der Waals surface area contributed by atoms with Crippen LogP contribution in [0.3, 0.4) is 0 Å². The lowest BCUT2D eigenvalue weighted by Gasteiger charge is -2.13. The molecule has 0 N–H and O–H groups in total. The Morgan fingerprint density at radius 1 is 1.17 bits per heavy atom. The minimum Gasteiger partial charge on any atom is -0.288 e. The number of carbonyl (C=O) groups is 1. The van der Waals surface area contributed by atoms with E-state index >= 15 is 0 Å². The van der Waals surface area contributed by atoms with E-state index in [4.69, 9.17) is 12.2 Å². The Morgan fingerprint density at radius 3 is 2.74 bits per heavy atom. The number of allylic oxidation sites excluding steroid dienone is 2. The molecular weight excluding hydrogens is 324 g/mol. The topological polar surface area (TPSA) is 33.2 Å². The van der Waals surface area contributed by atoms with Crippen LogP contribution in [0.2, 0.25) is 0 Å². The number of rotatable bonds is 4. The SMILES string of the molecule is O=C1C(=CC=Cc2ccccc2)SC(=S)N1Cc1cccnc1. The molecule has 1 aliphatic heterocycles. The van der Waals surface area contributed by atoms with Crippen molar-refractivity contribution in [2.24, 2.45) is 0 Å². The van der Waals surface area contributed by atoms with E-state index in [1.807, 2.05) is 60.7 Å². The van der Waals surface area contributed by atoms with Crippen molar-refractivity contribution in [2.75, 3.05) is 0 Å². The summed E-state index contributed by atoms with van der Waals surface area (Å²) in [7, 11) is 0. The highest BCUT2D eigenvalue weighted by atomic mass is 32.2. The number of aromatic nitrogens is 1. The van der Waals surface area contributed by atoms with Crippen LogP contribution in [0.4, 0.5) is 0 Å². The molecule has 0 radical (unpaired) electrons. The standard InChI is InChI=1S/C18H14N2OS2/c21-17-16(10-4-8-14-6-2-1-3-7-14)23-18(22)20(17)13-15-9-5-11-19-12-15/h1-12H,13H2. The highest BCUT2D eigenvalue weighted by Gasteiger charge is 2.31. The van der Waals surface area contributed by atoms with Crippen molar-refractivity contribution in [2.45, 2.75) is 6.54 Å². The van der Waals surface area contributed by atoms with Crippen LogP contribution >= 0.6 is 24.0 Å². The van der Waals surface area contributed by atoms with E-state index in [2.05, 4.69) is 4.98 Å². The average Bonchev–Trinajstić information content (AvgIpc) is 2.85. The predicted octanol–water partition coefficient (Wildman–Crippen LogP) is 4.04. The molecule has 2 heterocycles. The van der Waals surface area contributed by atoms with Gasteiger partial charge in [0.25, 0.3) is 5.91 Å². The van der Waals surface area contributed by atoms with Gasteiger partial charge in [-0.2, -0.15) is 0 Å². The first kappa shape index (κ1) is 15.6. The molecule has 3 rings (SSSR count). The third kappa shape index (κ3) is 3.94. The quantitative estimate of drug-likeness (QED) is 0.622. The van der Waals surface area contributed by atoms with Crippen LogP contribution < -0.4 is 0 Å². The van der Waals surface area contributed by atoms with Gasteiger partial charge in [0, 0.05) is 12.4 Å². The Labute approximate surface area is 144 Å². The number of amides is 1. The molecule has 1 fully saturated rings. The minimum atomic E-state index is -0.0541. The molecule has 1 amide bonds. The monoisotopic (exact) mass is 338 g/mol. The highest BCUT2D eigenvalue weighted by Crippen LogP contribution is 2.32. The summed E-state index contributed by atoms with van der Waals surface area (Å²) in [5.74, 6) is -0.0541. The molecule has 0 aliphatic carbocycles. The van der Waals surface area contributed by atoms with Crippen molar-refractivity contribution in [1.82, 2.24) is 9.88 Å². The summed E-state index contributed by atoms with van der Waals surface area (Å²) in [6.07, 6.45) is 9.12. The largest absolute Gasteiger partial charge is 0.288 e. The number of carbonyl (C=O) groups excluding carboxylic acids is 1. The number of thioether (sulfide) groups is 1. The number of hydrogen-bond donors (Lipinski definition) is 0. The second kappa shape index (κ2) is 7.35. The maximum atomic E-state index is 12.5. The van der Waals surface area contributed by atoms with E-state index in [1.165, 1.54) is 11.8 Å². The molecule has 0 spiro atoms. The molecule has 5 heteroatoms. The molecule has 1 saturated heterocycles. The molecule has 2 aromatic rings. The average molecular weight is 338 g/mol. The maximum absolute atomic E-state index is 12.5. The molecule has 0 saturated carbocycles. The molecule has 1 aliphatic rings. The van der Waals surface area contributed by atoms with Crippen LogP contribution in [-0.4, -0.2) is 20.1 Å². The zero-order valence-electron chi connectivity index (χ0n) is 12.3. The first-order chi connectivity index (χ1) is 11.2. The van der Waals surface area contributed by atoms with Crippen LogP contribution in [0.5, 0.6) is 0 Å². The van der Waals surface area contributed by atoms with Crippen molar-refractivity contribution in [3.05, 3.63) is 83.0 Å². The fourth-order valence-electron chi connectivity index (χ4n) is 2.14. The number of thiocarbonyl (C=S) groups is 1. The van der Waals surface area contributed by atoms with Crippen LogP contribution in [0.25, 0.3) is 6.08 Å². The second-order valence-electron chi connectivity index (χ2n) is 4.92. The van der Waals surface area contributed by atoms with E-state index in [9.17, 15) is 4.79 Å². The Morgan fingerprint density at radius 2 is 2.00 bits per heavy atom. The molecule has 1 aromatic heterocycles. The van der Waals surface area contributed by atoms with Crippen molar-refractivity contribution in [1.29, 1.82) is 0 Å². The highest BCUT2D eigenvalue weighted by molar-refractivity contribution is 8.26. The summed E-state index contributed by atoms with van der Waals surface area (Å²) in [5, 5.41) is 0. The van der Waals surface area contributed by atoms with Gasteiger partial charge in [-0.25, -0.2) is 0 Å². The number of pyridine rings is 1. The zero-order chi connectivity index (χ0) is 16.1. The fraction of sp³-hybridized carbons (Fsp3) is 0.0556. The lowest BCUT2D eigenvalue weighted by Crippen LogP contribution is -2.27. The van der Waals surface area contributed by atoms with Crippen LogP contribution in [0.15, 0.2) is 71.9 Å². The summed E-state index contributed by atoms with van der Waals surface area (Å²) in [4.78, 5) is 18.8. The van der Waals surface area contributed by atoms with Gasteiger partial charge in [0.1, 0.15) is 4.32 Å². The molecule has 0 atom stereocenters. The molecule has 3 nitrogen and oxygen atoms in total. The van der Waals surface area contributed by atoms with Gasteiger partial charge in [-0.15, -0.1) is 0 Å². The molecule has 114 valence electrons. The Balaban J connectivity index is 1.71. The van der Waals surface area contributed by atoms with E-state index in [-0.39, 0.29) is 5.91 Å². The predicted molar refractivity (Wildman–Crippen MR) is 98.5 cm³/mol. The van der Waals surface area contributed by atoms with Gasteiger partial charge in [-0.3, -0.25) is 14.7 Å². The van der Waals surface area contributed by atoms with E-state index < -0.39 is 0 Å². The Bertz CT molecular complexity index is 770. The smallest absolute Gasteiger partial charge is 0.266 e. The molecule has 1 aromatic carbocycles. The molecule has 23 heavy (non-hydrogen) atoms. The van der Waals surface area contributed by atoms with Crippen LogP contribution in [0, 0.1) is 0 Å². The van der Waals surface area contributed by atoms with Gasteiger partial charge >= 0.3 is 0 Å². The number of hydrogen-bond acceptors (Lipinski definition) is 4. The fourth-order valence-corrected chi connectivity index (χ4v) is 3.34. The van der Waals surface area contributed by atoms with Gasteiger partial charge in [0.15, 0.2) is 0 Å². The van der Waals surface area contributed by atoms with Gasteiger partial charge in [-0.05, 0) is 23.3 Å². The van der Waals surface area contributed by atoms with Crippen molar-refractivity contribution < 1.29 is 4.79 Å². The number of benzene rings is 1. The van der Waals surface area contributed by atoms with E-state index in [0.29, 0.717) is 15.8 Å². The summed E-state index contributed by atoms with van der Waals surface area (Å²) in [6, 6.07) is 13.7. The van der Waals surface area contributed by atoms with Crippen molar-refractivity contribution >= 4 is 40.3 Å². The van der Waals surface area contributed by atoms with Gasteiger partial charge < -0.3 is 0 Å². The minimum absolute atomic E-state index is 0.0541. The first-order valence-electron chi connectivity index (χ1n) is 7.10. The van der Waals surface area contributed by atoms with E-state index in [1.54, 1.807) is 17.3 Å². The number of nitrogens with zero attached hydrogens (tertiary/aromatic N) is 2. The first-order valence-corrected chi connectivity index (χ1v) is 8.32. The summed E-state index contributed by atoms with van der Waals surface area (Å²) >= 11 is 6.65. The molecule has 0 unspecified atom stereocenters. The Kier molecular flexibility index (Phi) is 5.00.